The van der Waals surface area contributed by atoms with Crippen LogP contribution in [0.4, 0.5) is 0 Å². The van der Waals surface area contributed by atoms with Crippen molar-refractivity contribution in [2.75, 3.05) is 39.4 Å². The molecule has 0 bridgehead atoms. The molecule has 142 valence electrons. The molecule has 0 unspecified atom stereocenters. The molecule has 0 N–H and O–H groups in total. The average Bonchev–Trinajstić information content (AvgIpc) is 3.18. The smallest absolute Gasteiger partial charge is 0.236 e. The van der Waals surface area contributed by atoms with Crippen LogP contribution < -0.4 is 0 Å². The van der Waals surface area contributed by atoms with Crippen molar-refractivity contribution >= 4 is 5.91 Å². The highest BCUT2D eigenvalue weighted by molar-refractivity contribution is 5.78. The quantitative estimate of drug-likeness (QED) is 0.817. The van der Waals surface area contributed by atoms with E-state index in [0.29, 0.717) is 32.8 Å². The Hall–Kier alpha value is -2.24. The molecule has 5 nitrogen and oxygen atoms in total. The molecule has 5 heteroatoms. The maximum absolute atomic E-state index is 12.6. The fourth-order valence-corrected chi connectivity index (χ4v) is 4.02. The molecule has 1 aromatic heterocycles. The summed E-state index contributed by atoms with van der Waals surface area (Å²) >= 11 is 0. The van der Waals surface area contributed by atoms with Crippen LogP contribution in [0.25, 0.3) is 0 Å². The third-order valence-electron chi connectivity index (χ3n) is 5.46. The Balaban J connectivity index is 1.43. The number of amides is 1. The summed E-state index contributed by atoms with van der Waals surface area (Å²) in [6.45, 7) is 4.17. The summed E-state index contributed by atoms with van der Waals surface area (Å²) in [6, 6.07) is 17.0. The Morgan fingerprint density at radius 3 is 2.67 bits per heavy atom. The van der Waals surface area contributed by atoms with E-state index < -0.39 is 0 Å². The number of rotatable bonds is 5. The molecule has 0 spiro atoms. The van der Waals surface area contributed by atoms with Gasteiger partial charge in [0.25, 0.3) is 0 Å². The number of carbonyl (C=O) groups excluding carboxylic acids is 1. The van der Waals surface area contributed by atoms with Crippen molar-refractivity contribution in [1.82, 2.24) is 14.8 Å². The first kappa shape index (κ1) is 18.1. The van der Waals surface area contributed by atoms with Crippen LogP contribution in [0.3, 0.4) is 0 Å². The number of hydrogen-bond acceptors (Lipinski definition) is 4. The molecule has 1 aromatic carbocycles. The van der Waals surface area contributed by atoms with E-state index in [1.165, 1.54) is 5.56 Å². The number of ether oxygens (including phenoxy) is 1. The minimum atomic E-state index is 0.214. The number of benzene rings is 1. The highest BCUT2D eigenvalue weighted by Gasteiger charge is 2.30. The molecule has 0 aliphatic carbocycles. The van der Waals surface area contributed by atoms with Crippen molar-refractivity contribution in [3.05, 3.63) is 65.5 Å². The van der Waals surface area contributed by atoms with E-state index in [-0.39, 0.29) is 11.9 Å². The van der Waals surface area contributed by atoms with Crippen LogP contribution in [0.15, 0.2) is 48.5 Å². The lowest BCUT2D eigenvalue weighted by Crippen LogP contribution is -2.45. The van der Waals surface area contributed by atoms with Gasteiger partial charge in [0.15, 0.2) is 0 Å². The fraction of sp³-hybridized carbons (Fsp3) is 0.455. The Morgan fingerprint density at radius 2 is 1.85 bits per heavy atom. The van der Waals surface area contributed by atoms with Gasteiger partial charge in [-0.25, -0.2) is 0 Å². The molecule has 2 aromatic rings. The first-order chi connectivity index (χ1) is 13.3. The molecule has 0 radical (unpaired) electrons. The zero-order valence-electron chi connectivity index (χ0n) is 15.7. The molecule has 2 aliphatic heterocycles. The lowest BCUT2D eigenvalue weighted by molar-refractivity contribution is -0.136. The second kappa shape index (κ2) is 8.63. The molecule has 2 saturated heterocycles. The average molecular weight is 365 g/mol. The fourth-order valence-electron chi connectivity index (χ4n) is 4.02. The summed E-state index contributed by atoms with van der Waals surface area (Å²) in [5.74, 6) is 0.214. The van der Waals surface area contributed by atoms with E-state index in [4.69, 9.17) is 9.72 Å². The SMILES string of the molecule is O=C(CN1CCC[C@@H]1c1cccc(Cc2ccccc2)n1)N1CCOCC1. The second-order valence-electron chi connectivity index (χ2n) is 7.34. The van der Waals surface area contributed by atoms with Crippen molar-refractivity contribution in [2.24, 2.45) is 0 Å². The van der Waals surface area contributed by atoms with Gasteiger partial charge in [-0.3, -0.25) is 14.7 Å². The van der Waals surface area contributed by atoms with Gasteiger partial charge in [-0.1, -0.05) is 36.4 Å². The maximum Gasteiger partial charge on any atom is 0.236 e. The van der Waals surface area contributed by atoms with Gasteiger partial charge in [0.05, 0.1) is 31.5 Å². The molecule has 4 rings (SSSR count). The molecule has 0 saturated carbocycles. The molecule has 3 heterocycles. The van der Waals surface area contributed by atoms with Crippen LogP contribution in [0.1, 0.15) is 35.8 Å². The summed E-state index contributed by atoms with van der Waals surface area (Å²) in [5.41, 5.74) is 3.45. The first-order valence-electron chi connectivity index (χ1n) is 9.89. The predicted molar refractivity (Wildman–Crippen MR) is 104 cm³/mol. The van der Waals surface area contributed by atoms with Crippen molar-refractivity contribution in [3.63, 3.8) is 0 Å². The lowest BCUT2D eigenvalue weighted by Gasteiger charge is -2.30. The lowest BCUT2D eigenvalue weighted by atomic mass is 10.1. The number of nitrogens with zero attached hydrogens (tertiary/aromatic N) is 3. The number of aromatic nitrogens is 1. The molecule has 1 atom stereocenters. The highest BCUT2D eigenvalue weighted by atomic mass is 16.5. The summed E-state index contributed by atoms with van der Waals surface area (Å²) in [5, 5.41) is 0. The number of carbonyl (C=O) groups is 1. The third-order valence-corrected chi connectivity index (χ3v) is 5.46. The van der Waals surface area contributed by atoms with Gasteiger partial charge in [-0.15, -0.1) is 0 Å². The molecule has 27 heavy (non-hydrogen) atoms. The Morgan fingerprint density at radius 1 is 1.04 bits per heavy atom. The zero-order chi connectivity index (χ0) is 18.5. The van der Waals surface area contributed by atoms with Crippen molar-refractivity contribution < 1.29 is 9.53 Å². The van der Waals surface area contributed by atoms with Crippen LogP contribution in [0.5, 0.6) is 0 Å². The summed E-state index contributed by atoms with van der Waals surface area (Å²) < 4.78 is 5.35. The second-order valence-corrected chi connectivity index (χ2v) is 7.34. The van der Waals surface area contributed by atoms with E-state index in [9.17, 15) is 4.79 Å². The van der Waals surface area contributed by atoms with Crippen LogP contribution >= 0.6 is 0 Å². The molecular formula is C22H27N3O2. The number of likely N-dealkylation sites (tertiary alicyclic amines) is 1. The minimum Gasteiger partial charge on any atom is -0.378 e. The normalized spacial score (nSPS) is 20.7. The summed E-state index contributed by atoms with van der Waals surface area (Å²) in [4.78, 5) is 21.8. The predicted octanol–water partition coefficient (Wildman–Crippen LogP) is 2.67. The van der Waals surface area contributed by atoms with E-state index in [0.717, 1.165) is 37.2 Å². The van der Waals surface area contributed by atoms with Gasteiger partial charge in [-0.2, -0.15) is 0 Å². The van der Waals surface area contributed by atoms with Crippen molar-refractivity contribution in [1.29, 1.82) is 0 Å². The number of pyridine rings is 1. The standard InChI is InChI=1S/C22H27N3O2/c26-22(24-12-14-27-15-13-24)17-25-11-5-10-21(25)20-9-4-8-19(23-20)16-18-6-2-1-3-7-18/h1-4,6-9,21H,5,10-17H2/t21-/m1/s1. The molecule has 2 aliphatic rings. The van der Waals surface area contributed by atoms with Crippen LogP contribution in [-0.4, -0.2) is 60.1 Å². The van der Waals surface area contributed by atoms with Crippen molar-refractivity contribution in [2.45, 2.75) is 25.3 Å². The monoisotopic (exact) mass is 365 g/mol. The van der Waals surface area contributed by atoms with Gasteiger partial charge >= 0.3 is 0 Å². The summed E-state index contributed by atoms with van der Waals surface area (Å²) in [6.07, 6.45) is 3.03. The van der Waals surface area contributed by atoms with Gasteiger partial charge in [0, 0.05) is 25.2 Å². The topological polar surface area (TPSA) is 45.7 Å². The molecular weight excluding hydrogens is 338 g/mol. The van der Waals surface area contributed by atoms with Gasteiger partial charge in [-0.05, 0) is 37.1 Å². The Labute approximate surface area is 161 Å². The minimum absolute atomic E-state index is 0.214. The molecule has 2 fully saturated rings. The zero-order valence-corrected chi connectivity index (χ0v) is 15.7. The molecule has 1 amide bonds. The van der Waals surface area contributed by atoms with Gasteiger partial charge in [0.1, 0.15) is 0 Å². The van der Waals surface area contributed by atoms with Crippen LogP contribution in [0.2, 0.25) is 0 Å². The highest BCUT2D eigenvalue weighted by Crippen LogP contribution is 2.31. The van der Waals surface area contributed by atoms with E-state index in [1.807, 2.05) is 11.0 Å². The van der Waals surface area contributed by atoms with Crippen LogP contribution in [0, 0.1) is 0 Å². The summed E-state index contributed by atoms with van der Waals surface area (Å²) in [7, 11) is 0. The number of morpholine rings is 1. The largest absolute Gasteiger partial charge is 0.378 e. The van der Waals surface area contributed by atoms with E-state index in [1.54, 1.807) is 0 Å². The van der Waals surface area contributed by atoms with E-state index in [2.05, 4.69) is 47.4 Å². The van der Waals surface area contributed by atoms with Crippen LogP contribution in [-0.2, 0) is 16.0 Å². The maximum atomic E-state index is 12.6. The third kappa shape index (κ3) is 4.54. The Kier molecular flexibility index (Phi) is 5.80. The van der Waals surface area contributed by atoms with Crippen molar-refractivity contribution in [3.8, 4) is 0 Å². The van der Waals surface area contributed by atoms with Gasteiger partial charge in [0.2, 0.25) is 5.91 Å². The van der Waals surface area contributed by atoms with E-state index >= 15 is 0 Å². The van der Waals surface area contributed by atoms with Gasteiger partial charge < -0.3 is 9.64 Å². The number of hydrogen-bond donors (Lipinski definition) is 0. The Bertz CT molecular complexity index is 759. The first-order valence-corrected chi connectivity index (χ1v) is 9.89.